The van der Waals surface area contributed by atoms with Crippen LogP contribution < -0.4 is 4.74 Å². The van der Waals surface area contributed by atoms with E-state index in [-0.39, 0.29) is 11.8 Å². The van der Waals surface area contributed by atoms with Gasteiger partial charge in [0.25, 0.3) is 0 Å². The van der Waals surface area contributed by atoms with Crippen LogP contribution in [0.5, 0.6) is 5.75 Å². The van der Waals surface area contributed by atoms with Gasteiger partial charge >= 0.3 is 0 Å². The van der Waals surface area contributed by atoms with Crippen LogP contribution in [-0.4, -0.2) is 24.5 Å². The summed E-state index contributed by atoms with van der Waals surface area (Å²) in [7, 11) is 1.66. The van der Waals surface area contributed by atoms with Crippen molar-refractivity contribution in [3.05, 3.63) is 28.2 Å². The van der Waals surface area contributed by atoms with Crippen LogP contribution in [0.25, 0.3) is 0 Å². The van der Waals surface area contributed by atoms with Gasteiger partial charge in [0.2, 0.25) is 5.91 Å². The van der Waals surface area contributed by atoms with Crippen LogP contribution in [-0.2, 0) is 11.3 Å². The summed E-state index contributed by atoms with van der Waals surface area (Å²) in [5.74, 6) is 1.24. The number of benzene rings is 1. The van der Waals surface area contributed by atoms with E-state index in [2.05, 4.69) is 15.9 Å². The number of carbonyl (C=O) groups excluding carboxylic acids is 1. The van der Waals surface area contributed by atoms with Crippen LogP contribution in [0.2, 0.25) is 0 Å². The van der Waals surface area contributed by atoms with Gasteiger partial charge < -0.3 is 9.64 Å². The molecule has 1 amide bonds. The minimum Gasteiger partial charge on any atom is -0.496 e. The third-order valence-electron chi connectivity index (χ3n) is 3.40. The van der Waals surface area contributed by atoms with E-state index in [1.807, 2.05) is 30.0 Å². The van der Waals surface area contributed by atoms with Gasteiger partial charge in [-0.05, 0) is 31.0 Å². The van der Waals surface area contributed by atoms with E-state index >= 15 is 0 Å². The second-order valence-electron chi connectivity index (χ2n) is 4.76. The average Bonchev–Trinajstić information content (AvgIpc) is 2.35. The Bertz CT molecular complexity index is 447. The van der Waals surface area contributed by atoms with Crippen LogP contribution >= 0.6 is 15.9 Å². The lowest BCUT2D eigenvalue weighted by Gasteiger charge is -2.31. The van der Waals surface area contributed by atoms with E-state index in [4.69, 9.17) is 4.74 Å². The molecule has 1 unspecified atom stereocenters. The summed E-state index contributed by atoms with van der Waals surface area (Å²) in [6.45, 7) is 3.48. The SMILES string of the molecule is COc1ccc(Br)cc1CN1CCCC(C)C1=O. The number of hydrogen-bond donors (Lipinski definition) is 0. The first-order valence-corrected chi connectivity index (χ1v) is 7.02. The number of hydrogen-bond acceptors (Lipinski definition) is 2. The summed E-state index contributed by atoms with van der Waals surface area (Å²) in [6, 6.07) is 5.89. The first-order valence-electron chi connectivity index (χ1n) is 6.23. The Morgan fingerprint density at radius 1 is 1.50 bits per heavy atom. The van der Waals surface area contributed by atoms with Gasteiger partial charge in [0.05, 0.1) is 7.11 Å². The molecule has 98 valence electrons. The van der Waals surface area contributed by atoms with Gasteiger partial charge in [-0.1, -0.05) is 22.9 Å². The number of carbonyl (C=O) groups is 1. The molecule has 1 aromatic carbocycles. The first-order chi connectivity index (χ1) is 8.61. The highest BCUT2D eigenvalue weighted by Gasteiger charge is 2.25. The van der Waals surface area contributed by atoms with E-state index in [1.54, 1.807) is 7.11 Å². The molecule has 18 heavy (non-hydrogen) atoms. The highest BCUT2D eigenvalue weighted by molar-refractivity contribution is 9.10. The van der Waals surface area contributed by atoms with Crippen LogP contribution in [0.4, 0.5) is 0 Å². The highest BCUT2D eigenvalue weighted by atomic mass is 79.9. The first kappa shape index (κ1) is 13.4. The highest BCUT2D eigenvalue weighted by Crippen LogP contribution is 2.26. The second kappa shape index (κ2) is 5.74. The van der Waals surface area contributed by atoms with Gasteiger partial charge in [-0.3, -0.25) is 4.79 Å². The molecule has 1 fully saturated rings. The van der Waals surface area contributed by atoms with Crippen molar-refractivity contribution in [2.24, 2.45) is 5.92 Å². The Balaban J connectivity index is 2.17. The van der Waals surface area contributed by atoms with Gasteiger partial charge in [0.15, 0.2) is 0 Å². The van der Waals surface area contributed by atoms with Crippen molar-refractivity contribution in [3.63, 3.8) is 0 Å². The third-order valence-corrected chi connectivity index (χ3v) is 3.90. The molecule has 0 aromatic heterocycles. The van der Waals surface area contributed by atoms with Gasteiger partial charge in [-0.15, -0.1) is 0 Å². The Morgan fingerprint density at radius 3 is 3.00 bits per heavy atom. The fourth-order valence-corrected chi connectivity index (χ4v) is 2.78. The molecule has 1 atom stereocenters. The minimum atomic E-state index is 0.150. The molecule has 4 heteroatoms. The molecule has 0 radical (unpaired) electrons. The molecule has 0 aliphatic carbocycles. The standard InChI is InChI=1S/C14H18BrNO2/c1-10-4-3-7-16(14(10)17)9-11-8-12(15)5-6-13(11)18-2/h5-6,8,10H,3-4,7,9H2,1-2H3. The van der Waals surface area contributed by atoms with Crippen molar-refractivity contribution in [1.82, 2.24) is 4.90 Å². The average molecular weight is 312 g/mol. The van der Waals surface area contributed by atoms with Crippen molar-refractivity contribution >= 4 is 21.8 Å². The molecule has 1 aliphatic rings. The van der Waals surface area contributed by atoms with Crippen molar-refractivity contribution in [3.8, 4) is 5.75 Å². The van der Waals surface area contributed by atoms with Gasteiger partial charge in [-0.25, -0.2) is 0 Å². The zero-order valence-electron chi connectivity index (χ0n) is 10.8. The summed E-state index contributed by atoms with van der Waals surface area (Å²) in [5, 5.41) is 0. The van der Waals surface area contributed by atoms with Gasteiger partial charge in [0.1, 0.15) is 5.75 Å². The molecule has 0 N–H and O–H groups in total. The summed E-state index contributed by atoms with van der Waals surface area (Å²) in [6.07, 6.45) is 2.09. The Morgan fingerprint density at radius 2 is 2.28 bits per heavy atom. The number of piperidine rings is 1. The number of amides is 1. The molecule has 2 rings (SSSR count). The van der Waals surface area contributed by atoms with Crippen LogP contribution in [0, 0.1) is 5.92 Å². The zero-order valence-corrected chi connectivity index (χ0v) is 12.4. The Labute approximate surface area is 116 Å². The molecule has 0 saturated carbocycles. The largest absolute Gasteiger partial charge is 0.496 e. The molecule has 1 aliphatic heterocycles. The van der Waals surface area contributed by atoms with E-state index in [9.17, 15) is 4.79 Å². The predicted molar refractivity (Wildman–Crippen MR) is 74.5 cm³/mol. The molecular formula is C14H18BrNO2. The summed E-state index contributed by atoms with van der Waals surface area (Å²) in [5.41, 5.74) is 1.05. The summed E-state index contributed by atoms with van der Waals surface area (Å²) >= 11 is 3.46. The lowest BCUT2D eigenvalue weighted by atomic mass is 9.98. The second-order valence-corrected chi connectivity index (χ2v) is 5.67. The van der Waals surface area contributed by atoms with E-state index in [0.717, 1.165) is 35.2 Å². The number of ether oxygens (including phenoxy) is 1. The van der Waals surface area contributed by atoms with Crippen molar-refractivity contribution in [2.45, 2.75) is 26.3 Å². The molecule has 1 saturated heterocycles. The Hall–Kier alpha value is -1.03. The van der Waals surface area contributed by atoms with Gasteiger partial charge in [-0.2, -0.15) is 0 Å². The number of halogens is 1. The lowest BCUT2D eigenvalue weighted by Crippen LogP contribution is -2.39. The van der Waals surface area contributed by atoms with E-state index in [1.165, 1.54) is 0 Å². The quantitative estimate of drug-likeness (QED) is 0.858. The number of rotatable bonds is 3. The lowest BCUT2D eigenvalue weighted by molar-refractivity contribution is -0.138. The molecule has 1 aromatic rings. The van der Waals surface area contributed by atoms with Gasteiger partial charge in [0, 0.05) is 29.0 Å². The molecule has 0 spiro atoms. The van der Waals surface area contributed by atoms with E-state index < -0.39 is 0 Å². The fourth-order valence-electron chi connectivity index (χ4n) is 2.37. The molecular weight excluding hydrogens is 294 g/mol. The topological polar surface area (TPSA) is 29.5 Å². The minimum absolute atomic E-state index is 0.150. The van der Waals surface area contributed by atoms with E-state index in [0.29, 0.717) is 6.54 Å². The molecule has 0 bridgehead atoms. The zero-order chi connectivity index (χ0) is 13.1. The summed E-state index contributed by atoms with van der Waals surface area (Å²) < 4.78 is 6.36. The smallest absolute Gasteiger partial charge is 0.225 e. The Kier molecular flexibility index (Phi) is 4.27. The van der Waals surface area contributed by atoms with Crippen molar-refractivity contribution in [2.75, 3.05) is 13.7 Å². The number of nitrogens with zero attached hydrogens (tertiary/aromatic N) is 1. The fraction of sp³-hybridized carbons (Fsp3) is 0.500. The van der Waals surface area contributed by atoms with Crippen molar-refractivity contribution in [1.29, 1.82) is 0 Å². The van der Waals surface area contributed by atoms with Crippen LogP contribution in [0.1, 0.15) is 25.3 Å². The third kappa shape index (κ3) is 2.86. The van der Waals surface area contributed by atoms with Crippen LogP contribution in [0.3, 0.4) is 0 Å². The number of likely N-dealkylation sites (tertiary alicyclic amines) is 1. The van der Waals surface area contributed by atoms with Crippen molar-refractivity contribution < 1.29 is 9.53 Å². The van der Waals surface area contributed by atoms with Crippen LogP contribution in [0.15, 0.2) is 22.7 Å². The maximum Gasteiger partial charge on any atom is 0.225 e. The molecule has 3 nitrogen and oxygen atoms in total. The maximum absolute atomic E-state index is 12.1. The number of methoxy groups -OCH3 is 1. The summed E-state index contributed by atoms with van der Waals surface area (Å²) in [4.78, 5) is 14.0. The maximum atomic E-state index is 12.1. The molecule has 1 heterocycles. The monoisotopic (exact) mass is 311 g/mol. The normalized spacial score (nSPS) is 20.1. The predicted octanol–water partition coefficient (Wildman–Crippen LogP) is 3.22.